The molecule has 0 radical (unpaired) electrons. The van der Waals surface area contributed by atoms with Gasteiger partial charge in [0.05, 0.1) is 10.0 Å². The summed E-state index contributed by atoms with van der Waals surface area (Å²) >= 11 is 14.2. The number of thioether (sulfide) groups is 1. The average molecular weight is 417 g/mol. The minimum atomic E-state index is 0.550. The smallest absolute Gasteiger partial charge is 0.0613 e. The first kappa shape index (κ1) is 18.9. The van der Waals surface area contributed by atoms with E-state index in [1.165, 1.54) is 28.5 Å². The van der Waals surface area contributed by atoms with E-state index in [0.717, 1.165) is 30.0 Å². The van der Waals surface area contributed by atoms with Gasteiger partial charge in [0.25, 0.3) is 0 Å². The van der Waals surface area contributed by atoms with E-state index in [-0.39, 0.29) is 0 Å². The molecule has 2 nitrogen and oxygen atoms in total. The van der Waals surface area contributed by atoms with Crippen LogP contribution >= 0.6 is 35.0 Å². The molecule has 0 bridgehead atoms. The second-order valence-electron chi connectivity index (χ2n) is 6.87. The minimum Gasteiger partial charge on any atom is -0.361 e. The molecule has 2 heterocycles. The Hall–Kier alpha value is -1.39. The van der Waals surface area contributed by atoms with Crippen molar-refractivity contribution in [3.05, 3.63) is 75.9 Å². The Morgan fingerprint density at radius 1 is 1.07 bits per heavy atom. The highest BCUT2D eigenvalue weighted by molar-refractivity contribution is 7.98. The lowest BCUT2D eigenvalue weighted by atomic mass is 9.94. The van der Waals surface area contributed by atoms with Gasteiger partial charge in [-0.1, -0.05) is 59.6 Å². The van der Waals surface area contributed by atoms with E-state index in [9.17, 15) is 0 Å². The number of rotatable bonds is 6. The fourth-order valence-corrected chi connectivity index (χ4v) is 4.95. The third-order valence-corrected chi connectivity index (χ3v) is 6.80. The van der Waals surface area contributed by atoms with Gasteiger partial charge in [-0.25, -0.2) is 0 Å². The highest BCUT2D eigenvalue weighted by Gasteiger charge is 2.16. The fourth-order valence-electron chi connectivity index (χ4n) is 3.56. The molecule has 0 fully saturated rings. The number of nitrogens with one attached hydrogen (secondary N) is 2. The molecule has 0 spiro atoms. The highest BCUT2D eigenvalue weighted by atomic mass is 35.5. The minimum absolute atomic E-state index is 0.550. The van der Waals surface area contributed by atoms with Crippen molar-refractivity contribution in [2.75, 3.05) is 12.3 Å². The van der Waals surface area contributed by atoms with Crippen LogP contribution in [-0.2, 0) is 5.75 Å². The summed E-state index contributed by atoms with van der Waals surface area (Å²) in [5.41, 5.74) is 5.15. The van der Waals surface area contributed by atoms with Gasteiger partial charge in [-0.3, -0.25) is 0 Å². The quantitative estimate of drug-likeness (QED) is 0.446. The van der Waals surface area contributed by atoms with Crippen LogP contribution in [0.25, 0.3) is 16.5 Å². The van der Waals surface area contributed by atoms with E-state index >= 15 is 0 Å². The maximum absolute atomic E-state index is 6.18. The molecule has 4 rings (SSSR count). The van der Waals surface area contributed by atoms with Crippen molar-refractivity contribution in [3.8, 4) is 0 Å². The molecule has 0 amide bonds. The Bertz CT molecular complexity index is 950. The van der Waals surface area contributed by atoms with E-state index in [1.807, 2.05) is 23.9 Å². The van der Waals surface area contributed by atoms with Gasteiger partial charge in [0, 0.05) is 35.4 Å². The Kier molecular flexibility index (Phi) is 6.14. The van der Waals surface area contributed by atoms with Crippen LogP contribution in [0, 0.1) is 0 Å². The molecule has 1 aliphatic rings. The van der Waals surface area contributed by atoms with Crippen LogP contribution in [0.3, 0.4) is 0 Å². The van der Waals surface area contributed by atoms with E-state index in [1.54, 1.807) is 0 Å². The summed E-state index contributed by atoms with van der Waals surface area (Å²) in [5.74, 6) is 2.11. The molecule has 1 aliphatic heterocycles. The van der Waals surface area contributed by atoms with Crippen LogP contribution in [0.1, 0.15) is 24.0 Å². The molecule has 140 valence electrons. The van der Waals surface area contributed by atoms with Crippen LogP contribution in [0.5, 0.6) is 0 Å². The molecule has 0 saturated carbocycles. The summed E-state index contributed by atoms with van der Waals surface area (Å²) in [7, 11) is 0. The second kappa shape index (κ2) is 8.74. The van der Waals surface area contributed by atoms with Crippen LogP contribution in [0.15, 0.2) is 54.7 Å². The molecular weight excluding hydrogens is 395 g/mol. The Labute approximate surface area is 174 Å². The predicted octanol–water partition coefficient (Wildman–Crippen LogP) is 6.54. The Morgan fingerprint density at radius 2 is 1.89 bits per heavy atom. The number of fused-ring (bicyclic) bond motifs is 1. The number of benzene rings is 2. The van der Waals surface area contributed by atoms with Gasteiger partial charge in [-0.05, 0) is 47.4 Å². The Morgan fingerprint density at radius 3 is 2.74 bits per heavy atom. The molecule has 0 aliphatic carbocycles. The summed E-state index contributed by atoms with van der Waals surface area (Å²) in [6.45, 7) is 0.960. The molecule has 1 aromatic heterocycles. The van der Waals surface area contributed by atoms with Crippen molar-refractivity contribution in [1.29, 1.82) is 0 Å². The number of H-pyrrole nitrogens is 1. The molecule has 5 heteroatoms. The van der Waals surface area contributed by atoms with Crippen molar-refractivity contribution < 1.29 is 0 Å². The van der Waals surface area contributed by atoms with E-state index in [2.05, 4.69) is 52.9 Å². The van der Waals surface area contributed by atoms with Gasteiger partial charge >= 0.3 is 0 Å². The molecule has 3 aromatic rings. The van der Waals surface area contributed by atoms with Crippen molar-refractivity contribution in [2.45, 2.75) is 24.6 Å². The number of halogens is 2. The Balaban J connectivity index is 1.29. The maximum atomic E-state index is 6.18. The molecular formula is C22H22Cl2N2S. The lowest BCUT2D eigenvalue weighted by Gasteiger charge is -2.24. The average Bonchev–Trinajstić information content (AvgIpc) is 3.08. The van der Waals surface area contributed by atoms with Gasteiger partial charge in [0.2, 0.25) is 0 Å². The molecule has 2 aromatic carbocycles. The molecule has 0 unspecified atom stereocenters. The lowest BCUT2D eigenvalue weighted by Crippen LogP contribution is -2.33. The van der Waals surface area contributed by atoms with Crippen molar-refractivity contribution in [1.82, 2.24) is 10.3 Å². The SMILES string of the molecule is Clc1cc2[nH]cc(CSCC[C@@H]3CC(c4ccccc4)=CCN3)c2cc1Cl. The van der Waals surface area contributed by atoms with Crippen LogP contribution in [0.4, 0.5) is 0 Å². The molecule has 27 heavy (non-hydrogen) atoms. The van der Waals surface area contributed by atoms with Crippen molar-refractivity contribution in [3.63, 3.8) is 0 Å². The van der Waals surface area contributed by atoms with E-state index < -0.39 is 0 Å². The van der Waals surface area contributed by atoms with Crippen LogP contribution < -0.4 is 5.32 Å². The monoisotopic (exact) mass is 416 g/mol. The lowest BCUT2D eigenvalue weighted by molar-refractivity contribution is 0.525. The van der Waals surface area contributed by atoms with Gasteiger partial charge in [0.1, 0.15) is 0 Å². The van der Waals surface area contributed by atoms with E-state index in [0.29, 0.717) is 16.1 Å². The standard InChI is InChI=1S/C22H22Cl2N2S/c23-20-11-19-17(13-26-22(19)12-21(20)24)14-27-9-7-18-10-16(6-8-25-18)15-4-2-1-3-5-15/h1-6,11-13,18,25-26H,7-10,14H2/t18-/m1/s1. The number of hydrogen-bond acceptors (Lipinski definition) is 2. The summed E-state index contributed by atoms with van der Waals surface area (Å²) in [6, 6.07) is 15.1. The number of aromatic nitrogens is 1. The summed E-state index contributed by atoms with van der Waals surface area (Å²) < 4.78 is 0. The zero-order valence-electron chi connectivity index (χ0n) is 15.0. The predicted molar refractivity (Wildman–Crippen MR) is 120 cm³/mol. The molecule has 2 N–H and O–H groups in total. The first-order chi connectivity index (χ1) is 13.2. The third kappa shape index (κ3) is 4.55. The van der Waals surface area contributed by atoms with Gasteiger partial charge in [-0.15, -0.1) is 0 Å². The first-order valence-corrected chi connectivity index (χ1v) is 11.1. The topological polar surface area (TPSA) is 27.8 Å². The van der Waals surface area contributed by atoms with Crippen LogP contribution in [-0.4, -0.2) is 23.3 Å². The summed E-state index contributed by atoms with van der Waals surface area (Å²) in [6.07, 6.45) is 6.66. The zero-order valence-corrected chi connectivity index (χ0v) is 17.3. The molecule has 1 atom stereocenters. The number of aromatic amines is 1. The second-order valence-corrected chi connectivity index (χ2v) is 8.79. The largest absolute Gasteiger partial charge is 0.361 e. The van der Waals surface area contributed by atoms with Crippen molar-refractivity contribution >= 4 is 51.4 Å². The first-order valence-electron chi connectivity index (χ1n) is 9.21. The normalized spacial score (nSPS) is 17.3. The van der Waals surface area contributed by atoms with Gasteiger partial charge < -0.3 is 10.3 Å². The highest BCUT2D eigenvalue weighted by Crippen LogP contribution is 2.31. The summed E-state index contributed by atoms with van der Waals surface area (Å²) in [5, 5.41) is 6.00. The van der Waals surface area contributed by atoms with Crippen LogP contribution in [0.2, 0.25) is 10.0 Å². The van der Waals surface area contributed by atoms with E-state index in [4.69, 9.17) is 23.2 Å². The fraction of sp³-hybridized carbons (Fsp3) is 0.273. The van der Waals surface area contributed by atoms with Crippen molar-refractivity contribution in [2.24, 2.45) is 0 Å². The van der Waals surface area contributed by atoms with Gasteiger partial charge in [-0.2, -0.15) is 11.8 Å². The molecule has 0 saturated heterocycles. The zero-order chi connectivity index (χ0) is 18.6. The van der Waals surface area contributed by atoms with Gasteiger partial charge in [0.15, 0.2) is 0 Å². The maximum Gasteiger partial charge on any atom is 0.0613 e. The third-order valence-electron chi connectivity index (χ3n) is 5.04. The summed E-state index contributed by atoms with van der Waals surface area (Å²) in [4.78, 5) is 3.29. The number of hydrogen-bond donors (Lipinski definition) is 2.